The van der Waals surface area contributed by atoms with Gasteiger partial charge >= 0.3 is 0 Å². The monoisotopic (exact) mass is 202 g/mol. The van der Waals surface area contributed by atoms with Crippen molar-refractivity contribution >= 4 is 17.3 Å². The fraction of sp³-hybridized carbons (Fsp3) is 0.333. The highest BCUT2D eigenvalue weighted by Crippen LogP contribution is 2.26. The highest BCUT2D eigenvalue weighted by atomic mass is 35.5. The summed E-state index contributed by atoms with van der Waals surface area (Å²) in [6.07, 6.45) is 0.664. The van der Waals surface area contributed by atoms with Crippen molar-refractivity contribution in [1.82, 2.24) is 0 Å². The molecule has 0 spiro atoms. The summed E-state index contributed by atoms with van der Waals surface area (Å²) in [6.45, 7) is 1.88. The van der Waals surface area contributed by atoms with Crippen molar-refractivity contribution in [2.75, 3.05) is 5.73 Å². The molecule has 0 radical (unpaired) electrons. The molecule has 2 nitrogen and oxygen atoms in total. The van der Waals surface area contributed by atoms with E-state index in [9.17, 15) is 4.39 Å². The van der Waals surface area contributed by atoms with Gasteiger partial charge in [0, 0.05) is 11.6 Å². The second-order valence-electron chi connectivity index (χ2n) is 2.91. The van der Waals surface area contributed by atoms with Crippen LogP contribution in [0.15, 0.2) is 12.1 Å². The van der Waals surface area contributed by atoms with Gasteiger partial charge in [0.05, 0.1) is 10.7 Å². The molecule has 0 aliphatic heterocycles. The van der Waals surface area contributed by atoms with Gasteiger partial charge in [-0.1, -0.05) is 18.5 Å². The maximum absolute atomic E-state index is 13.2. The summed E-state index contributed by atoms with van der Waals surface area (Å²) in [5, 5.41) is 0.348. The van der Waals surface area contributed by atoms with Crippen LogP contribution in [0.1, 0.15) is 24.9 Å². The molecule has 1 unspecified atom stereocenters. The van der Waals surface area contributed by atoms with Gasteiger partial charge in [0.15, 0.2) is 0 Å². The number of nitrogen functional groups attached to an aromatic ring is 1. The number of hydrogen-bond acceptors (Lipinski definition) is 2. The van der Waals surface area contributed by atoms with E-state index in [1.807, 2.05) is 6.92 Å². The van der Waals surface area contributed by atoms with E-state index in [0.29, 0.717) is 17.0 Å². The molecule has 1 aromatic rings. The predicted molar refractivity (Wildman–Crippen MR) is 53.0 cm³/mol. The smallest absolute Gasteiger partial charge is 0.130 e. The average Bonchev–Trinajstić information content (AvgIpc) is 2.10. The third kappa shape index (κ3) is 2.11. The Kier molecular flexibility index (Phi) is 3.12. The SMILES string of the molecule is CCC(N)c1cc(Cl)c(N)cc1F. The molecule has 0 heterocycles. The first-order chi connectivity index (χ1) is 6.06. The van der Waals surface area contributed by atoms with E-state index in [0.717, 1.165) is 0 Å². The molecule has 0 aliphatic carbocycles. The Bertz CT molecular complexity index is 315. The van der Waals surface area contributed by atoms with E-state index in [-0.39, 0.29) is 11.7 Å². The number of benzene rings is 1. The van der Waals surface area contributed by atoms with Gasteiger partial charge in [0.2, 0.25) is 0 Å². The summed E-state index contributed by atoms with van der Waals surface area (Å²) in [4.78, 5) is 0. The quantitative estimate of drug-likeness (QED) is 0.724. The minimum Gasteiger partial charge on any atom is -0.397 e. The Hall–Kier alpha value is -0.800. The topological polar surface area (TPSA) is 52.0 Å². The maximum atomic E-state index is 13.2. The molecule has 0 aromatic heterocycles. The number of halogens is 2. The van der Waals surface area contributed by atoms with E-state index in [4.69, 9.17) is 23.1 Å². The Labute approximate surface area is 81.7 Å². The zero-order valence-corrected chi connectivity index (χ0v) is 8.11. The number of nitrogens with two attached hydrogens (primary N) is 2. The average molecular weight is 203 g/mol. The van der Waals surface area contributed by atoms with Crippen LogP contribution in [0, 0.1) is 5.82 Å². The summed E-state index contributed by atoms with van der Waals surface area (Å²) in [5.74, 6) is -0.392. The first kappa shape index (κ1) is 10.3. The van der Waals surface area contributed by atoms with E-state index < -0.39 is 5.82 Å². The summed E-state index contributed by atoms with van der Waals surface area (Å²) >= 11 is 5.74. The van der Waals surface area contributed by atoms with Crippen LogP contribution in [0.2, 0.25) is 5.02 Å². The van der Waals surface area contributed by atoms with Crippen LogP contribution >= 0.6 is 11.6 Å². The van der Waals surface area contributed by atoms with Crippen LogP contribution in [0.5, 0.6) is 0 Å². The van der Waals surface area contributed by atoms with Crippen molar-refractivity contribution < 1.29 is 4.39 Å². The second-order valence-corrected chi connectivity index (χ2v) is 3.32. The molecule has 13 heavy (non-hydrogen) atoms. The summed E-state index contributed by atoms with van der Waals surface area (Å²) in [6, 6.07) is 2.37. The number of rotatable bonds is 2. The minimum absolute atomic E-state index is 0.242. The number of hydrogen-bond donors (Lipinski definition) is 2. The Morgan fingerprint density at radius 2 is 2.15 bits per heavy atom. The lowest BCUT2D eigenvalue weighted by Gasteiger charge is -2.11. The lowest BCUT2D eigenvalue weighted by atomic mass is 10.0. The van der Waals surface area contributed by atoms with Crippen LogP contribution in [0.25, 0.3) is 0 Å². The molecule has 1 aromatic carbocycles. The standard InChI is InChI=1S/C9H12ClFN2/c1-2-8(12)5-3-6(10)9(13)4-7(5)11/h3-4,8H,2,12-13H2,1H3. The maximum Gasteiger partial charge on any atom is 0.130 e. The Morgan fingerprint density at radius 3 is 2.69 bits per heavy atom. The lowest BCUT2D eigenvalue weighted by molar-refractivity contribution is 0.576. The van der Waals surface area contributed by atoms with Crippen molar-refractivity contribution in [2.45, 2.75) is 19.4 Å². The fourth-order valence-corrected chi connectivity index (χ4v) is 1.25. The summed E-state index contributed by atoms with van der Waals surface area (Å²) in [5.41, 5.74) is 11.8. The van der Waals surface area contributed by atoms with E-state index in [2.05, 4.69) is 0 Å². The van der Waals surface area contributed by atoms with Gasteiger partial charge in [-0.2, -0.15) is 0 Å². The largest absolute Gasteiger partial charge is 0.397 e. The van der Waals surface area contributed by atoms with E-state index in [1.165, 1.54) is 12.1 Å². The minimum atomic E-state index is -0.392. The normalized spacial score (nSPS) is 12.9. The molecule has 4 N–H and O–H groups in total. The molecule has 0 saturated carbocycles. The second kappa shape index (κ2) is 3.94. The zero-order valence-electron chi connectivity index (χ0n) is 7.35. The lowest BCUT2D eigenvalue weighted by Crippen LogP contribution is -2.11. The molecule has 0 saturated heterocycles. The molecular weight excluding hydrogens is 191 g/mol. The molecule has 0 bridgehead atoms. The third-order valence-corrected chi connectivity index (χ3v) is 2.28. The Morgan fingerprint density at radius 1 is 1.54 bits per heavy atom. The zero-order chi connectivity index (χ0) is 10.0. The molecule has 0 fully saturated rings. The Balaban J connectivity index is 3.15. The van der Waals surface area contributed by atoms with Crippen molar-refractivity contribution in [3.8, 4) is 0 Å². The van der Waals surface area contributed by atoms with Crippen LogP contribution < -0.4 is 11.5 Å². The molecule has 1 rings (SSSR count). The first-order valence-corrected chi connectivity index (χ1v) is 4.44. The third-order valence-electron chi connectivity index (χ3n) is 1.96. The predicted octanol–water partition coefficient (Wildman–Crippen LogP) is 2.47. The molecular formula is C9H12ClFN2. The molecule has 0 aliphatic rings. The molecule has 0 amide bonds. The van der Waals surface area contributed by atoms with E-state index in [1.54, 1.807) is 0 Å². The van der Waals surface area contributed by atoms with Crippen molar-refractivity contribution in [1.29, 1.82) is 0 Å². The van der Waals surface area contributed by atoms with Crippen LogP contribution in [-0.2, 0) is 0 Å². The number of anilines is 1. The molecule has 72 valence electrons. The van der Waals surface area contributed by atoms with Gasteiger partial charge in [0.25, 0.3) is 0 Å². The van der Waals surface area contributed by atoms with Crippen LogP contribution in [-0.4, -0.2) is 0 Å². The van der Waals surface area contributed by atoms with Crippen LogP contribution in [0.3, 0.4) is 0 Å². The van der Waals surface area contributed by atoms with Gasteiger partial charge in [-0.05, 0) is 18.6 Å². The van der Waals surface area contributed by atoms with Gasteiger partial charge in [-0.25, -0.2) is 4.39 Å². The van der Waals surface area contributed by atoms with E-state index >= 15 is 0 Å². The van der Waals surface area contributed by atoms with Gasteiger partial charge < -0.3 is 11.5 Å². The summed E-state index contributed by atoms with van der Waals surface area (Å²) in [7, 11) is 0. The first-order valence-electron chi connectivity index (χ1n) is 4.06. The van der Waals surface area contributed by atoms with Gasteiger partial charge in [-0.15, -0.1) is 0 Å². The highest BCUT2D eigenvalue weighted by molar-refractivity contribution is 6.33. The summed E-state index contributed by atoms with van der Waals surface area (Å²) < 4.78 is 13.2. The van der Waals surface area contributed by atoms with Crippen molar-refractivity contribution in [3.05, 3.63) is 28.5 Å². The highest BCUT2D eigenvalue weighted by Gasteiger charge is 2.11. The van der Waals surface area contributed by atoms with Gasteiger partial charge in [-0.3, -0.25) is 0 Å². The van der Waals surface area contributed by atoms with Gasteiger partial charge in [0.1, 0.15) is 5.82 Å². The molecule has 4 heteroatoms. The molecule has 1 atom stereocenters. The van der Waals surface area contributed by atoms with Crippen LogP contribution in [0.4, 0.5) is 10.1 Å². The van der Waals surface area contributed by atoms with Crippen molar-refractivity contribution in [2.24, 2.45) is 5.73 Å². The van der Waals surface area contributed by atoms with Crippen molar-refractivity contribution in [3.63, 3.8) is 0 Å². The fourth-order valence-electron chi connectivity index (χ4n) is 1.08.